The number of nitrogens with zero attached hydrogens (tertiary/aromatic N) is 2. The number of H-pyrrole nitrogens is 1. The maximum absolute atomic E-state index is 12.8. The first kappa shape index (κ1) is 20.8. The number of para-hydroxylation sites is 1. The highest BCUT2D eigenvalue weighted by molar-refractivity contribution is 5.85. The molecule has 0 spiro atoms. The highest BCUT2D eigenvalue weighted by Gasteiger charge is 2.34. The maximum atomic E-state index is 12.8. The Morgan fingerprint density at radius 3 is 2.96 bits per heavy atom. The van der Waals surface area contributed by atoms with Gasteiger partial charge in [0.2, 0.25) is 5.91 Å². The number of aryl methyl sites for hydroxylation is 1. The zero-order chi connectivity index (χ0) is 18.6. The molecular formula is C21H29ClN4O2. The molecule has 0 aliphatic carbocycles. The monoisotopic (exact) mass is 404 g/mol. The van der Waals surface area contributed by atoms with Crippen LogP contribution in [0.15, 0.2) is 29.1 Å². The van der Waals surface area contributed by atoms with Crippen molar-refractivity contribution in [2.75, 3.05) is 19.6 Å². The zero-order valence-corrected chi connectivity index (χ0v) is 17.0. The standard InChI is InChI=1S/C21H28N4O2.ClH/c26-20(25-13-5-6-15-14-22-12-4-9-18(15)25)11-3-10-19-23-17-8-2-1-7-16(17)21(27)24-19;/h1-2,7-8,15,18,22H,3-6,9-14H2,(H,23,24,27);1H. The van der Waals surface area contributed by atoms with E-state index in [2.05, 4.69) is 20.2 Å². The van der Waals surface area contributed by atoms with E-state index in [1.807, 2.05) is 18.2 Å². The van der Waals surface area contributed by atoms with E-state index in [4.69, 9.17) is 0 Å². The number of carbonyl (C=O) groups excluding carboxylic acids is 1. The van der Waals surface area contributed by atoms with Crippen LogP contribution in [0.25, 0.3) is 10.9 Å². The van der Waals surface area contributed by atoms with Crippen LogP contribution in [0.5, 0.6) is 0 Å². The maximum Gasteiger partial charge on any atom is 0.258 e. The van der Waals surface area contributed by atoms with Crippen LogP contribution in [0, 0.1) is 5.92 Å². The van der Waals surface area contributed by atoms with E-state index in [0.717, 1.165) is 38.9 Å². The van der Waals surface area contributed by atoms with Gasteiger partial charge in [-0.1, -0.05) is 12.1 Å². The second-order valence-electron chi connectivity index (χ2n) is 7.79. The van der Waals surface area contributed by atoms with Gasteiger partial charge in [0.05, 0.1) is 10.9 Å². The molecule has 2 aromatic rings. The lowest BCUT2D eigenvalue weighted by atomic mass is 9.87. The Hall–Kier alpha value is -1.92. The van der Waals surface area contributed by atoms with Gasteiger partial charge in [-0.3, -0.25) is 9.59 Å². The quantitative estimate of drug-likeness (QED) is 0.821. The SMILES string of the molecule is Cl.O=C(CCCc1nc2ccccc2c(=O)[nH]1)N1CCCC2CNCCCC21. The number of fused-ring (bicyclic) bond motifs is 2. The molecule has 28 heavy (non-hydrogen) atoms. The number of amides is 1. The van der Waals surface area contributed by atoms with Crippen LogP contribution in [0.1, 0.15) is 44.3 Å². The van der Waals surface area contributed by atoms with Crippen LogP contribution in [0.2, 0.25) is 0 Å². The molecule has 4 rings (SSSR count). The van der Waals surface area contributed by atoms with E-state index < -0.39 is 0 Å². The number of piperidine rings is 1. The number of likely N-dealkylation sites (tertiary alicyclic amines) is 1. The Balaban J connectivity index is 0.00000225. The predicted octanol–water partition coefficient (Wildman–Crippen LogP) is 2.66. The fourth-order valence-electron chi connectivity index (χ4n) is 4.60. The Bertz CT molecular complexity index is 869. The third kappa shape index (κ3) is 4.55. The summed E-state index contributed by atoms with van der Waals surface area (Å²) in [7, 11) is 0. The average Bonchev–Trinajstić information content (AvgIpc) is 2.93. The zero-order valence-electron chi connectivity index (χ0n) is 16.2. The number of halogens is 1. The molecule has 3 heterocycles. The van der Waals surface area contributed by atoms with Crippen LogP contribution >= 0.6 is 12.4 Å². The topological polar surface area (TPSA) is 78.1 Å². The number of nitrogens with one attached hydrogen (secondary N) is 2. The van der Waals surface area contributed by atoms with Gasteiger partial charge in [0, 0.05) is 25.4 Å². The van der Waals surface area contributed by atoms with Crippen LogP contribution in [-0.2, 0) is 11.2 Å². The van der Waals surface area contributed by atoms with Crippen LogP contribution in [0.4, 0.5) is 0 Å². The smallest absolute Gasteiger partial charge is 0.258 e. The highest BCUT2D eigenvalue weighted by Crippen LogP contribution is 2.28. The summed E-state index contributed by atoms with van der Waals surface area (Å²) in [6, 6.07) is 7.76. The summed E-state index contributed by atoms with van der Waals surface area (Å²) in [6.07, 6.45) is 6.45. The van der Waals surface area contributed by atoms with Gasteiger partial charge >= 0.3 is 0 Å². The van der Waals surface area contributed by atoms with Crippen molar-refractivity contribution in [2.45, 2.75) is 51.0 Å². The Morgan fingerprint density at radius 1 is 1.21 bits per heavy atom. The Morgan fingerprint density at radius 2 is 2.07 bits per heavy atom. The Kier molecular flexibility index (Phi) is 7.08. The first-order valence-electron chi connectivity index (χ1n) is 10.2. The minimum atomic E-state index is -0.105. The van der Waals surface area contributed by atoms with Gasteiger partial charge in [-0.15, -0.1) is 12.4 Å². The van der Waals surface area contributed by atoms with Crippen molar-refractivity contribution < 1.29 is 4.79 Å². The number of hydrogen-bond donors (Lipinski definition) is 2. The molecule has 7 heteroatoms. The van der Waals surface area contributed by atoms with Crippen LogP contribution in [0.3, 0.4) is 0 Å². The lowest BCUT2D eigenvalue weighted by molar-refractivity contribution is -0.136. The Labute approximate surface area is 171 Å². The fraction of sp³-hybridized carbons (Fsp3) is 0.571. The molecule has 0 saturated carbocycles. The number of aromatic amines is 1. The van der Waals surface area contributed by atoms with Gasteiger partial charge < -0.3 is 15.2 Å². The molecule has 2 fully saturated rings. The summed E-state index contributed by atoms with van der Waals surface area (Å²) in [6.45, 7) is 3.00. The summed E-state index contributed by atoms with van der Waals surface area (Å²) >= 11 is 0. The van der Waals surface area contributed by atoms with Gasteiger partial charge in [-0.2, -0.15) is 0 Å². The number of carbonyl (C=O) groups is 1. The highest BCUT2D eigenvalue weighted by atomic mass is 35.5. The molecule has 2 N–H and O–H groups in total. The van der Waals surface area contributed by atoms with E-state index in [1.54, 1.807) is 6.07 Å². The van der Waals surface area contributed by atoms with Crippen molar-refractivity contribution in [2.24, 2.45) is 5.92 Å². The van der Waals surface area contributed by atoms with E-state index in [0.29, 0.717) is 47.9 Å². The van der Waals surface area contributed by atoms with Crippen molar-refractivity contribution in [1.29, 1.82) is 0 Å². The van der Waals surface area contributed by atoms with Crippen molar-refractivity contribution >= 4 is 29.2 Å². The number of aromatic nitrogens is 2. The molecule has 2 aliphatic rings. The molecule has 2 saturated heterocycles. The van der Waals surface area contributed by atoms with Gasteiger partial charge in [0.15, 0.2) is 0 Å². The summed E-state index contributed by atoms with van der Waals surface area (Å²) < 4.78 is 0. The predicted molar refractivity (Wildman–Crippen MR) is 113 cm³/mol. The molecular weight excluding hydrogens is 376 g/mol. The third-order valence-corrected chi connectivity index (χ3v) is 5.96. The number of hydrogen-bond acceptors (Lipinski definition) is 4. The first-order valence-corrected chi connectivity index (χ1v) is 10.2. The van der Waals surface area contributed by atoms with E-state index in [9.17, 15) is 9.59 Å². The second kappa shape index (κ2) is 9.52. The minimum absolute atomic E-state index is 0. The molecule has 2 atom stereocenters. The summed E-state index contributed by atoms with van der Waals surface area (Å²) in [5.74, 6) is 1.53. The molecule has 1 aromatic heterocycles. The third-order valence-electron chi connectivity index (χ3n) is 5.96. The molecule has 6 nitrogen and oxygen atoms in total. The summed E-state index contributed by atoms with van der Waals surface area (Å²) in [4.78, 5) is 34.5. The lowest BCUT2D eigenvalue weighted by Gasteiger charge is -2.40. The normalized spacial score (nSPS) is 22.2. The molecule has 1 aromatic carbocycles. The molecule has 2 unspecified atom stereocenters. The van der Waals surface area contributed by atoms with E-state index >= 15 is 0 Å². The summed E-state index contributed by atoms with van der Waals surface area (Å²) in [5, 5.41) is 4.12. The van der Waals surface area contributed by atoms with Gasteiger partial charge in [-0.25, -0.2) is 4.98 Å². The van der Waals surface area contributed by atoms with Crippen molar-refractivity contribution in [1.82, 2.24) is 20.2 Å². The molecule has 152 valence electrons. The van der Waals surface area contributed by atoms with Gasteiger partial charge in [-0.05, 0) is 63.2 Å². The largest absolute Gasteiger partial charge is 0.339 e. The van der Waals surface area contributed by atoms with Crippen LogP contribution in [-0.4, -0.2) is 46.5 Å². The van der Waals surface area contributed by atoms with Crippen molar-refractivity contribution in [3.05, 3.63) is 40.4 Å². The van der Waals surface area contributed by atoms with E-state index in [1.165, 1.54) is 6.42 Å². The number of rotatable bonds is 4. The first-order chi connectivity index (χ1) is 13.2. The summed E-state index contributed by atoms with van der Waals surface area (Å²) in [5.41, 5.74) is 0.610. The molecule has 1 amide bonds. The minimum Gasteiger partial charge on any atom is -0.339 e. The molecule has 0 radical (unpaired) electrons. The van der Waals surface area contributed by atoms with Crippen LogP contribution < -0.4 is 10.9 Å². The number of benzene rings is 1. The molecule has 2 aliphatic heterocycles. The van der Waals surface area contributed by atoms with Gasteiger partial charge in [0.25, 0.3) is 5.56 Å². The van der Waals surface area contributed by atoms with E-state index in [-0.39, 0.29) is 23.9 Å². The van der Waals surface area contributed by atoms with Crippen molar-refractivity contribution in [3.63, 3.8) is 0 Å². The fourth-order valence-corrected chi connectivity index (χ4v) is 4.60. The molecule has 0 bridgehead atoms. The van der Waals surface area contributed by atoms with Crippen molar-refractivity contribution in [3.8, 4) is 0 Å². The van der Waals surface area contributed by atoms with Gasteiger partial charge in [0.1, 0.15) is 5.82 Å². The average molecular weight is 405 g/mol. The second-order valence-corrected chi connectivity index (χ2v) is 7.79. The lowest BCUT2D eigenvalue weighted by Crippen LogP contribution is -2.49.